The zero-order valence-electron chi connectivity index (χ0n) is 6.77. The molecule has 1 N–H and O–H groups in total. The molecule has 1 aromatic rings. The van der Waals surface area contributed by atoms with Crippen molar-refractivity contribution in [1.29, 1.82) is 0 Å². The molecule has 0 aliphatic heterocycles. The molecule has 1 heterocycles. The molecule has 12 heavy (non-hydrogen) atoms. The van der Waals surface area contributed by atoms with E-state index in [0.29, 0.717) is 5.00 Å². The van der Waals surface area contributed by atoms with E-state index in [1.807, 2.05) is 0 Å². The summed E-state index contributed by atoms with van der Waals surface area (Å²) in [6.07, 6.45) is 1.61. The highest BCUT2D eigenvalue weighted by molar-refractivity contribution is 7.10. The van der Waals surface area contributed by atoms with Gasteiger partial charge in [-0.3, -0.25) is 4.84 Å². The number of urea groups is 1. The predicted octanol–water partition coefficient (Wildman–Crippen LogP) is 0.850. The first-order chi connectivity index (χ1) is 5.79. The van der Waals surface area contributed by atoms with E-state index in [1.165, 1.54) is 25.7 Å². The monoisotopic (exact) mass is 187 g/mol. The van der Waals surface area contributed by atoms with Crippen LogP contribution in [0.15, 0.2) is 12.3 Å². The fraction of sp³-hybridized carbons (Fsp3) is 0.333. The summed E-state index contributed by atoms with van der Waals surface area (Å²) in [5.41, 5.74) is 0. The van der Waals surface area contributed by atoms with Gasteiger partial charge in [0.25, 0.3) is 0 Å². The molecule has 0 bridgehead atoms. The van der Waals surface area contributed by atoms with Crippen LogP contribution in [0.25, 0.3) is 0 Å². The molecule has 2 amide bonds. The van der Waals surface area contributed by atoms with Crippen molar-refractivity contribution >= 4 is 22.6 Å². The Hall–Kier alpha value is -1.14. The number of carbonyl (C=O) groups is 1. The van der Waals surface area contributed by atoms with Crippen molar-refractivity contribution < 1.29 is 9.63 Å². The van der Waals surface area contributed by atoms with Crippen LogP contribution in [0.4, 0.5) is 9.80 Å². The number of aromatic nitrogens is 1. The van der Waals surface area contributed by atoms with Crippen LogP contribution in [0.3, 0.4) is 0 Å². The van der Waals surface area contributed by atoms with Gasteiger partial charge in [0, 0.05) is 13.2 Å². The van der Waals surface area contributed by atoms with E-state index in [0.717, 1.165) is 5.06 Å². The number of nitrogens with one attached hydrogen (secondary N) is 1. The smallest absolute Gasteiger partial charge is 0.339 e. The van der Waals surface area contributed by atoms with Crippen molar-refractivity contribution in [2.45, 2.75) is 0 Å². The minimum Gasteiger partial charge on any atom is -0.339 e. The highest BCUT2D eigenvalue weighted by Crippen LogP contribution is 2.18. The second-order valence-corrected chi connectivity index (χ2v) is 2.69. The van der Waals surface area contributed by atoms with Crippen LogP contribution in [0.5, 0.6) is 0 Å². The second kappa shape index (κ2) is 4.03. The second-order valence-electron chi connectivity index (χ2n) is 1.88. The quantitative estimate of drug-likeness (QED) is 0.698. The molecule has 0 spiro atoms. The Bertz CT molecular complexity index is 249. The van der Waals surface area contributed by atoms with Gasteiger partial charge in [0.1, 0.15) is 5.00 Å². The van der Waals surface area contributed by atoms with Gasteiger partial charge in [0.05, 0.1) is 7.11 Å². The summed E-state index contributed by atoms with van der Waals surface area (Å²) in [6.45, 7) is 0. The van der Waals surface area contributed by atoms with Gasteiger partial charge in [0.2, 0.25) is 0 Å². The largest absolute Gasteiger partial charge is 0.346 e. The van der Waals surface area contributed by atoms with E-state index < -0.39 is 0 Å². The van der Waals surface area contributed by atoms with Gasteiger partial charge in [-0.2, -0.15) is 9.44 Å². The minimum absolute atomic E-state index is 0.318. The number of hydrogen-bond donors (Lipinski definition) is 1. The standard InChI is InChI=1S/C6H9N3O2S/c1-7-6(10)9(11-2)5-3-4-8-12-5/h3-4H,1-2H3,(H,7,10). The van der Waals surface area contributed by atoms with Crippen molar-refractivity contribution in [2.75, 3.05) is 19.2 Å². The SMILES string of the molecule is CNC(=O)N(OC)c1ccns1. The molecule has 0 aromatic carbocycles. The third kappa shape index (κ3) is 1.72. The fourth-order valence-corrected chi connectivity index (χ4v) is 1.27. The van der Waals surface area contributed by atoms with Crippen molar-refractivity contribution in [1.82, 2.24) is 9.69 Å². The average molecular weight is 187 g/mol. The van der Waals surface area contributed by atoms with E-state index in [-0.39, 0.29) is 6.03 Å². The van der Waals surface area contributed by atoms with Gasteiger partial charge >= 0.3 is 6.03 Å². The van der Waals surface area contributed by atoms with Crippen LogP contribution in [0.1, 0.15) is 0 Å². The maximum Gasteiger partial charge on any atom is 0.346 e. The molecule has 0 unspecified atom stereocenters. The van der Waals surface area contributed by atoms with Crippen LogP contribution in [-0.4, -0.2) is 24.6 Å². The summed E-state index contributed by atoms with van der Waals surface area (Å²) in [7, 11) is 2.96. The summed E-state index contributed by atoms with van der Waals surface area (Å²) in [5.74, 6) is 0. The molecule has 0 aliphatic carbocycles. The molecule has 0 aliphatic rings. The summed E-state index contributed by atoms with van der Waals surface area (Å²) < 4.78 is 3.85. The van der Waals surface area contributed by atoms with Crippen LogP contribution in [-0.2, 0) is 4.84 Å². The molecule has 0 saturated carbocycles. The first kappa shape index (κ1) is 8.95. The van der Waals surface area contributed by atoms with Crippen molar-refractivity contribution in [3.63, 3.8) is 0 Å². The highest BCUT2D eigenvalue weighted by Gasteiger charge is 2.14. The Morgan fingerprint density at radius 3 is 3.00 bits per heavy atom. The van der Waals surface area contributed by atoms with E-state index in [1.54, 1.807) is 12.3 Å². The van der Waals surface area contributed by atoms with Gasteiger partial charge in [-0.25, -0.2) is 4.79 Å². The summed E-state index contributed by atoms with van der Waals surface area (Å²) in [4.78, 5) is 15.9. The van der Waals surface area contributed by atoms with Gasteiger partial charge in [-0.1, -0.05) is 0 Å². The Balaban J connectivity index is 2.76. The van der Waals surface area contributed by atoms with E-state index in [2.05, 4.69) is 9.69 Å². The topological polar surface area (TPSA) is 54.5 Å². The lowest BCUT2D eigenvalue weighted by Crippen LogP contribution is -2.36. The summed E-state index contributed by atoms with van der Waals surface area (Å²) in [5, 5.41) is 4.23. The lowest BCUT2D eigenvalue weighted by atomic mass is 10.6. The molecule has 1 rings (SSSR count). The third-order valence-corrected chi connectivity index (χ3v) is 1.92. The van der Waals surface area contributed by atoms with E-state index in [9.17, 15) is 4.79 Å². The zero-order valence-corrected chi connectivity index (χ0v) is 7.59. The normalized spacial score (nSPS) is 9.50. The molecule has 0 radical (unpaired) electrons. The number of carbonyl (C=O) groups excluding carboxylic acids is 1. The van der Waals surface area contributed by atoms with Crippen LogP contribution >= 0.6 is 11.5 Å². The van der Waals surface area contributed by atoms with E-state index in [4.69, 9.17) is 4.84 Å². The number of rotatable bonds is 2. The Labute approximate surface area is 74.1 Å². The number of amides is 2. The molecule has 0 atom stereocenters. The lowest BCUT2D eigenvalue weighted by molar-refractivity contribution is 0.165. The number of nitrogens with zero attached hydrogens (tertiary/aromatic N) is 2. The zero-order chi connectivity index (χ0) is 8.97. The Kier molecular flexibility index (Phi) is 3.01. The first-order valence-electron chi connectivity index (χ1n) is 3.26. The maximum atomic E-state index is 11.1. The van der Waals surface area contributed by atoms with Crippen LogP contribution in [0, 0.1) is 0 Å². The third-order valence-electron chi connectivity index (χ3n) is 1.21. The molecule has 1 aromatic heterocycles. The predicted molar refractivity (Wildman–Crippen MR) is 46.1 cm³/mol. The van der Waals surface area contributed by atoms with Gasteiger partial charge < -0.3 is 5.32 Å². The van der Waals surface area contributed by atoms with Gasteiger partial charge in [-0.05, 0) is 17.6 Å². The fourth-order valence-electron chi connectivity index (χ4n) is 0.688. The van der Waals surface area contributed by atoms with Crippen molar-refractivity contribution in [2.24, 2.45) is 0 Å². The number of hydrogen-bond acceptors (Lipinski definition) is 4. The van der Waals surface area contributed by atoms with Gasteiger partial charge in [0.15, 0.2) is 0 Å². The minimum atomic E-state index is -0.318. The van der Waals surface area contributed by atoms with E-state index >= 15 is 0 Å². The molecular weight excluding hydrogens is 178 g/mol. The molecular formula is C6H9N3O2S. The lowest BCUT2D eigenvalue weighted by Gasteiger charge is -2.15. The summed E-state index contributed by atoms with van der Waals surface area (Å²) in [6, 6.07) is 1.38. The molecule has 66 valence electrons. The Morgan fingerprint density at radius 2 is 2.58 bits per heavy atom. The molecule has 0 fully saturated rings. The summed E-state index contributed by atoms with van der Waals surface area (Å²) >= 11 is 1.19. The van der Waals surface area contributed by atoms with Crippen molar-refractivity contribution in [3.05, 3.63) is 12.3 Å². The first-order valence-corrected chi connectivity index (χ1v) is 4.03. The average Bonchev–Trinajstić information content (AvgIpc) is 2.58. The number of anilines is 1. The van der Waals surface area contributed by atoms with Crippen molar-refractivity contribution in [3.8, 4) is 0 Å². The maximum absolute atomic E-state index is 11.1. The van der Waals surface area contributed by atoms with Gasteiger partial charge in [-0.15, -0.1) is 0 Å². The number of hydroxylamine groups is 1. The highest BCUT2D eigenvalue weighted by atomic mass is 32.1. The molecule has 5 nitrogen and oxygen atoms in total. The molecule has 6 heteroatoms. The Morgan fingerprint density at radius 1 is 1.83 bits per heavy atom. The van der Waals surface area contributed by atoms with Crippen LogP contribution < -0.4 is 10.4 Å². The van der Waals surface area contributed by atoms with Crippen LogP contribution in [0.2, 0.25) is 0 Å². The molecule has 0 saturated heterocycles.